The van der Waals surface area contributed by atoms with Crippen molar-refractivity contribution in [2.24, 2.45) is 5.73 Å². The van der Waals surface area contributed by atoms with Crippen molar-refractivity contribution in [3.63, 3.8) is 0 Å². The number of hydrogen-bond donors (Lipinski definition) is 6. The van der Waals surface area contributed by atoms with E-state index in [4.69, 9.17) is 40.5 Å². The molecule has 0 aromatic rings. The highest BCUT2D eigenvalue weighted by molar-refractivity contribution is 5.63. The van der Waals surface area contributed by atoms with E-state index in [-0.39, 0.29) is 6.73 Å². The molecule has 0 aromatic carbocycles. The number of nitrogens with two attached hydrogens (primary N) is 1. The highest BCUT2D eigenvalue weighted by Crippen LogP contribution is 1.44. The highest BCUT2D eigenvalue weighted by Gasteiger charge is 1.72. The van der Waals surface area contributed by atoms with E-state index in [2.05, 4.69) is 5.32 Å². The Kier molecular flexibility index (Phi) is 34.3. The van der Waals surface area contributed by atoms with Crippen molar-refractivity contribution in [2.45, 2.75) is 20.8 Å². The molecule has 110 valence electrons. The van der Waals surface area contributed by atoms with Crippen molar-refractivity contribution in [1.82, 2.24) is 5.32 Å². The lowest BCUT2D eigenvalue weighted by Crippen LogP contribution is -2.22. The smallest absolute Gasteiger partial charge is 0.300 e. The van der Waals surface area contributed by atoms with Crippen molar-refractivity contribution >= 4 is 17.9 Å². The summed E-state index contributed by atoms with van der Waals surface area (Å²) in [4.78, 5) is 27.0. The van der Waals surface area contributed by atoms with Gasteiger partial charge in [0, 0.05) is 33.9 Å². The molecule has 0 aliphatic carbocycles. The molecule has 0 saturated carbocycles. The summed E-state index contributed by atoms with van der Waals surface area (Å²) in [5.41, 5.74) is 5.04. The standard InChI is InChI=1S/C3H10N2O.3C2H4O2/c4-1-2-5-3-6;3*1-2(3)4/h5-6H,1-4H2;3*1H3,(H,3,4). The lowest BCUT2D eigenvalue weighted by molar-refractivity contribution is -0.135. The summed E-state index contributed by atoms with van der Waals surface area (Å²) in [6.07, 6.45) is 0. The summed E-state index contributed by atoms with van der Waals surface area (Å²) in [6.45, 7) is 4.55. The number of carbonyl (C=O) groups is 3. The number of aliphatic carboxylic acids is 3. The lowest BCUT2D eigenvalue weighted by Gasteiger charge is -1.91. The first kappa shape index (κ1) is 25.2. The molecule has 0 unspecified atom stereocenters. The number of hydrogen-bond acceptors (Lipinski definition) is 6. The third-order valence-corrected chi connectivity index (χ3v) is 0.433. The molecule has 0 radical (unpaired) electrons. The van der Waals surface area contributed by atoms with Gasteiger partial charge < -0.3 is 26.2 Å². The van der Waals surface area contributed by atoms with Gasteiger partial charge in [-0.2, -0.15) is 0 Å². The Morgan fingerprint density at radius 3 is 1.22 bits per heavy atom. The van der Waals surface area contributed by atoms with Gasteiger partial charge in [-0.1, -0.05) is 0 Å². The Bertz CT molecular complexity index is 165. The van der Waals surface area contributed by atoms with Crippen LogP contribution in [-0.4, -0.2) is 58.2 Å². The second-order valence-corrected chi connectivity index (χ2v) is 2.50. The topological polar surface area (TPSA) is 170 Å². The minimum absolute atomic E-state index is 0.0250. The van der Waals surface area contributed by atoms with Gasteiger partial charge in [-0.05, 0) is 0 Å². The molecule has 0 rings (SSSR count). The maximum absolute atomic E-state index is 9.00. The Morgan fingerprint density at radius 1 is 0.944 bits per heavy atom. The van der Waals surface area contributed by atoms with Gasteiger partial charge in [0.05, 0.1) is 6.73 Å². The molecule has 7 N–H and O–H groups in total. The monoisotopic (exact) mass is 270 g/mol. The van der Waals surface area contributed by atoms with Gasteiger partial charge in [-0.25, -0.2) is 0 Å². The number of nitrogens with one attached hydrogen (secondary N) is 1. The predicted octanol–water partition coefficient (Wildman–Crippen LogP) is -1.24. The first-order valence-electron chi connectivity index (χ1n) is 4.71. The van der Waals surface area contributed by atoms with Gasteiger partial charge in [0.2, 0.25) is 0 Å². The predicted molar refractivity (Wildman–Crippen MR) is 64.1 cm³/mol. The molecular weight excluding hydrogens is 248 g/mol. The summed E-state index contributed by atoms with van der Waals surface area (Å²) >= 11 is 0. The number of rotatable bonds is 3. The molecule has 0 fully saturated rings. The molecule has 0 aromatic heterocycles. The second-order valence-electron chi connectivity index (χ2n) is 2.50. The fraction of sp³-hybridized carbons (Fsp3) is 0.667. The molecule has 0 spiro atoms. The third-order valence-electron chi connectivity index (χ3n) is 0.433. The molecular formula is C9H22N2O7. The Hall–Kier alpha value is -1.71. The van der Waals surface area contributed by atoms with Crippen molar-refractivity contribution in [3.8, 4) is 0 Å². The van der Waals surface area contributed by atoms with Gasteiger partial charge in [0.25, 0.3) is 17.9 Å². The van der Waals surface area contributed by atoms with E-state index in [1.807, 2.05) is 0 Å². The van der Waals surface area contributed by atoms with Crippen LogP contribution in [0.15, 0.2) is 0 Å². The van der Waals surface area contributed by atoms with Crippen LogP contribution >= 0.6 is 0 Å². The van der Waals surface area contributed by atoms with E-state index < -0.39 is 17.9 Å². The van der Waals surface area contributed by atoms with Gasteiger partial charge in [-0.3, -0.25) is 19.7 Å². The number of aliphatic hydroxyl groups excluding tert-OH is 1. The van der Waals surface area contributed by atoms with Crippen LogP contribution < -0.4 is 11.1 Å². The van der Waals surface area contributed by atoms with Crippen LogP contribution in [0.1, 0.15) is 20.8 Å². The summed E-state index contributed by atoms with van der Waals surface area (Å²) in [6, 6.07) is 0. The average Bonchev–Trinajstić information content (AvgIpc) is 2.11. The minimum atomic E-state index is -0.833. The minimum Gasteiger partial charge on any atom is -0.481 e. The van der Waals surface area contributed by atoms with Crippen LogP contribution in [0.5, 0.6) is 0 Å². The van der Waals surface area contributed by atoms with Crippen molar-refractivity contribution in [3.05, 3.63) is 0 Å². The molecule has 0 aliphatic rings. The first-order valence-corrected chi connectivity index (χ1v) is 4.71. The van der Waals surface area contributed by atoms with Crippen molar-refractivity contribution in [2.75, 3.05) is 19.8 Å². The summed E-state index contributed by atoms with van der Waals surface area (Å²) < 4.78 is 0. The van der Waals surface area contributed by atoms with E-state index in [0.29, 0.717) is 13.1 Å². The van der Waals surface area contributed by atoms with E-state index >= 15 is 0 Å². The molecule has 18 heavy (non-hydrogen) atoms. The number of carboxylic acid groups (broad SMARTS) is 3. The zero-order chi connectivity index (χ0) is 15.6. The molecule has 0 aliphatic heterocycles. The molecule has 9 nitrogen and oxygen atoms in total. The van der Waals surface area contributed by atoms with Crippen LogP contribution in [0.4, 0.5) is 0 Å². The fourth-order valence-electron chi connectivity index (χ4n) is 0.181. The summed E-state index contributed by atoms with van der Waals surface area (Å²) in [5, 5.41) is 32.9. The van der Waals surface area contributed by atoms with Crippen LogP contribution in [0.2, 0.25) is 0 Å². The van der Waals surface area contributed by atoms with E-state index in [0.717, 1.165) is 20.8 Å². The molecule has 0 saturated heterocycles. The zero-order valence-corrected chi connectivity index (χ0v) is 10.7. The molecule has 0 amide bonds. The van der Waals surface area contributed by atoms with Gasteiger partial charge >= 0.3 is 0 Å². The Morgan fingerprint density at radius 2 is 1.17 bits per heavy atom. The maximum Gasteiger partial charge on any atom is 0.300 e. The third kappa shape index (κ3) is 1520. The van der Waals surface area contributed by atoms with Gasteiger partial charge in [0.15, 0.2) is 0 Å². The Balaban J connectivity index is -0.0000000742. The first-order chi connectivity index (χ1) is 8.11. The van der Waals surface area contributed by atoms with E-state index in [1.165, 1.54) is 0 Å². The van der Waals surface area contributed by atoms with Crippen LogP contribution in [0.25, 0.3) is 0 Å². The Labute approximate surface area is 105 Å². The van der Waals surface area contributed by atoms with Gasteiger partial charge in [-0.15, -0.1) is 0 Å². The van der Waals surface area contributed by atoms with E-state index in [1.54, 1.807) is 0 Å². The highest BCUT2D eigenvalue weighted by atomic mass is 16.4. The van der Waals surface area contributed by atoms with Crippen LogP contribution in [0.3, 0.4) is 0 Å². The van der Waals surface area contributed by atoms with E-state index in [9.17, 15) is 0 Å². The summed E-state index contributed by atoms with van der Waals surface area (Å²) in [7, 11) is 0. The zero-order valence-electron chi connectivity index (χ0n) is 10.7. The second kappa shape index (κ2) is 24.5. The average molecular weight is 270 g/mol. The fourth-order valence-corrected chi connectivity index (χ4v) is 0.181. The normalized spacial score (nSPS) is 7.17. The lowest BCUT2D eigenvalue weighted by atomic mass is 10.7. The van der Waals surface area contributed by atoms with Crippen molar-refractivity contribution < 1.29 is 34.8 Å². The number of carboxylic acids is 3. The summed E-state index contributed by atoms with van der Waals surface area (Å²) in [5.74, 6) is -2.50. The van der Waals surface area contributed by atoms with Gasteiger partial charge in [0.1, 0.15) is 0 Å². The number of aliphatic hydroxyl groups is 1. The SMILES string of the molecule is CC(=O)O.CC(=O)O.CC(=O)O.NCCNCO. The molecule has 0 heterocycles. The molecule has 0 bridgehead atoms. The largest absolute Gasteiger partial charge is 0.481 e. The maximum atomic E-state index is 9.00. The molecule has 0 atom stereocenters. The molecule has 9 heteroatoms. The van der Waals surface area contributed by atoms with Crippen LogP contribution in [0, 0.1) is 0 Å². The quantitative estimate of drug-likeness (QED) is 0.271. The van der Waals surface area contributed by atoms with Crippen molar-refractivity contribution in [1.29, 1.82) is 0 Å². The van der Waals surface area contributed by atoms with Crippen LogP contribution in [-0.2, 0) is 14.4 Å².